The van der Waals surface area contributed by atoms with Crippen molar-refractivity contribution in [2.24, 2.45) is 0 Å². The third-order valence-electron chi connectivity index (χ3n) is 3.00. The molecule has 3 aromatic rings. The van der Waals surface area contributed by atoms with Gasteiger partial charge in [0.05, 0.1) is 12.2 Å². The average Bonchev–Trinajstić information content (AvgIpc) is 2.97. The zero-order chi connectivity index (χ0) is 13.2. The van der Waals surface area contributed by atoms with Gasteiger partial charge in [0.15, 0.2) is 4.96 Å². The molecule has 2 aromatic heterocycles. The molecule has 0 fully saturated rings. The fraction of sp³-hybridized carbons (Fsp3) is 0.214. The third kappa shape index (κ3) is 2.56. The van der Waals surface area contributed by atoms with Crippen molar-refractivity contribution >= 4 is 27.7 Å². The molecule has 5 heteroatoms. The Morgan fingerprint density at radius 1 is 1.26 bits per heavy atom. The van der Waals surface area contributed by atoms with Crippen molar-refractivity contribution < 1.29 is 0 Å². The Hall–Kier alpha value is -2.01. The Morgan fingerprint density at radius 2 is 2.05 bits per heavy atom. The predicted molar refractivity (Wildman–Crippen MR) is 81.2 cm³/mol. The van der Waals surface area contributed by atoms with Crippen LogP contribution in [-0.4, -0.2) is 23.5 Å². The SMILES string of the molecule is CN(C)c1ccc(NCc2cn3ccsc3n2)cc1. The molecule has 0 aliphatic rings. The van der Waals surface area contributed by atoms with E-state index in [2.05, 4.69) is 50.1 Å². The summed E-state index contributed by atoms with van der Waals surface area (Å²) in [6.45, 7) is 0.746. The molecule has 0 spiro atoms. The van der Waals surface area contributed by atoms with Gasteiger partial charge in [-0.2, -0.15) is 0 Å². The first kappa shape index (κ1) is 12.0. The van der Waals surface area contributed by atoms with Gasteiger partial charge in [-0.05, 0) is 24.3 Å². The fourth-order valence-electron chi connectivity index (χ4n) is 1.93. The van der Waals surface area contributed by atoms with Gasteiger partial charge in [-0.1, -0.05) is 0 Å². The quantitative estimate of drug-likeness (QED) is 0.792. The van der Waals surface area contributed by atoms with E-state index in [0.29, 0.717) is 0 Å². The first-order chi connectivity index (χ1) is 9.22. The van der Waals surface area contributed by atoms with E-state index < -0.39 is 0 Å². The van der Waals surface area contributed by atoms with E-state index in [1.165, 1.54) is 5.69 Å². The summed E-state index contributed by atoms with van der Waals surface area (Å²) in [5.41, 5.74) is 3.37. The Kier molecular flexibility index (Phi) is 3.13. The van der Waals surface area contributed by atoms with Gasteiger partial charge in [-0.25, -0.2) is 4.98 Å². The van der Waals surface area contributed by atoms with Crippen molar-refractivity contribution in [3.8, 4) is 0 Å². The summed E-state index contributed by atoms with van der Waals surface area (Å²) < 4.78 is 2.05. The molecule has 0 amide bonds. The number of aromatic nitrogens is 2. The number of benzene rings is 1. The second-order valence-electron chi connectivity index (χ2n) is 4.62. The molecular weight excluding hydrogens is 256 g/mol. The molecule has 0 saturated heterocycles. The lowest BCUT2D eigenvalue weighted by atomic mass is 10.2. The standard InChI is InChI=1S/C14H16N4S/c1-17(2)13-5-3-11(4-6-13)15-9-12-10-18-7-8-19-14(18)16-12/h3-8,10,15H,9H2,1-2H3. The van der Waals surface area contributed by atoms with Gasteiger partial charge in [0, 0.05) is 43.2 Å². The molecule has 0 atom stereocenters. The van der Waals surface area contributed by atoms with Gasteiger partial charge in [0.1, 0.15) is 0 Å². The number of anilines is 2. The van der Waals surface area contributed by atoms with Crippen LogP contribution in [0.1, 0.15) is 5.69 Å². The molecule has 1 aromatic carbocycles. The number of thiazole rings is 1. The Morgan fingerprint density at radius 3 is 2.74 bits per heavy atom. The molecule has 0 saturated carbocycles. The molecule has 0 bridgehead atoms. The van der Waals surface area contributed by atoms with E-state index in [9.17, 15) is 0 Å². The maximum absolute atomic E-state index is 4.54. The second kappa shape index (κ2) is 4.93. The number of rotatable bonds is 4. The van der Waals surface area contributed by atoms with Crippen molar-refractivity contribution in [1.29, 1.82) is 0 Å². The van der Waals surface area contributed by atoms with Crippen LogP contribution in [0.4, 0.5) is 11.4 Å². The van der Waals surface area contributed by atoms with Crippen molar-refractivity contribution in [3.05, 3.63) is 47.7 Å². The van der Waals surface area contributed by atoms with Crippen LogP contribution in [0.25, 0.3) is 4.96 Å². The molecule has 0 unspecified atom stereocenters. The van der Waals surface area contributed by atoms with Crippen LogP contribution in [0.15, 0.2) is 42.0 Å². The van der Waals surface area contributed by atoms with Crippen LogP contribution in [0, 0.1) is 0 Å². The van der Waals surface area contributed by atoms with Gasteiger partial charge in [0.2, 0.25) is 0 Å². The van der Waals surface area contributed by atoms with E-state index in [-0.39, 0.29) is 0 Å². The summed E-state index contributed by atoms with van der Waals surface area (Å²) in [7, 11) is 4.08. The van der Waals surface area contributed by atoms with Crippen molar-refractivity contribution in [1.82, 2.24) is 9.38 Å². The number of nitrogens with one attached hydrogen (secondary N) is 1. The summed E-state index contributed by atoms with van der Waals surface area (Å²) >= 11 is 1.65. The van der Waals surface area contributed by atoms with Gasteiger partial charge in [-0.15, -0.1) is 11.3 Å². The van der Waals surface area contributed by atoms with E-state index in [1.807, 2.05) is 25.7 Å². The molecule has 0 aliphatic heterocycles. The number of hydrogen-bond acceptors (Lipinski definition) is 4. The smallest absolute Gasteiger partial charge is 0.193 e. The molecule has 98 valence electrons. The van der Waals surface area contributed by atoms with Crippen LogP contribution in [0.2, 0.25) is 0 Å². The van der Waals surface area contributed by atoms with E-state index >= 15 is 0 Å². The van der Waals surface area contributed by atoms with Crippen LogP contribution in [0.3, 0.4) is 0 Å². The number of imidazole rings is 1. The monoisotopic (exact) mass is 272 g/mol. The van der Waals surface area contributed by atoms with Crippen LogP contribution < -0.4 is 10.2 Å². The summed E-state index contributed by atoms with van der Waals surface area (Å²) in [5.74, 6) is 0. The molecule has 2 heterocycles. The molecule has 19 heavy (non-hydrogen) atoms. The highest BCUT2D eigenvalue weighted by atomic mass is 32.1. The second-order valence-corrected chi connectivity index (χ2v) is 5.49. The van der Waals surface area contributed by atoms with Crippen molar-refractivity contribution in [2.45, 2.75) is 6.54 Å². The molecule has 3 rings (SSSR count). The first-order valence-electron chi connectivity index (χ1n) is 6.15. The summed E-state index contributed by atoms with van der Waals surface area (Å²) in [5, 5.41) is 5.43. The molecule has 1 N–H and O–H groups in total. The maximum Gasteiger partial charge on any atom is 0.193 e. The van der Waals surface area contributed by atoms with Crippen LogP contribution >= 0.6 is 11.3 Å². The first-order valence-corrected chi connectivity index (χ1v) is 7.03. The lowest BCUT2D eigenvalue weighted by Crippen LogP contribution is -2.08. The van der Waals surface area contributed by atoms with Crippen molar-refractivity contribution in [2.75, 3.05) is 24.3 Å². The Balaban J connectivity index is 1.67. The lowest BCUT2D eigenvalue weighted by Gasteiger charge is -2.13. The Labute approximate surface area is 116 Å². The van der Waals surface area contributed by atoms with Gasteiger partial charge < -0.3 is 10.2 Å². The third-order valence-corrected chi connectivity index (χ3v) is 3.77. The maximum atomic E-state index is 4.54. The minimum absolute atomic E-state index is 0.746. The summed E-state index contributed by atoms with van der Waals surface area (Å²) in [4.78, 5) is 7.68. The zero-order valence-corrected chi connectivity index (χ0v) is 11.8. The predicted octanol–water partition coefficient (Wildman–Crippen LogP) is 3.07. The van der Waals surface area contributed by atoms with Gasteiger partial charge >= 0.3 is 0 Å². The molecule has 4 nitrogen and oxygen atoms in total. The van der Waals surface area contributed by atoms with Crippen LogP contribution in [0.5, 0.6) is 0 Å². The normalized spacial score (nSPS) is 10.8. The van der Waals surface area contributed by atoms with E-state index in [1.54, 1.807) is 11.3 Å². The van der Waals surface area contributed by atoms with Gasteiger partial charge in [-0.3, -0.25) is 4.40 Å². The minimum Gasteiger partial charge on any atom is -0.379 e. The lowest BCUT2D eigenvalue weighted by molar-refractivity contribution is 1.08. The van der Waals surface area contributed by atoms with Crippen molar-refractivity contribution in [3.63, 3.8) is 0 Å². The minimum atomic E-state index is 0.746. The summed E-state index contributed by atoms with van der Waals surface area (Å²) in [6, 6.07) is 8.39. The zero-order valence-electron chi connectivity index (χ0n) is 11.0. The highest BCUT2D eigenvalue weighted by Crippen LogP contribution is 2.17. The fourth-order valence-corrected chi connectivity index (χ4v) is 2.65. The highest BCUT2D eigenvalue weighted by molar-refractivity contribution is 7.15. The Bertz CT molecular complexity index is 638. The summed E-state index contributed by atoms with van der Waals surface area (Å²) in [6.07, 6.45) is 4.09. The average molecular weight is 272 g/mol. The number of hydrogen-bond donors (Lipinski definition) is 1. The molecule has 0 radical (unpaired) electrons. The number of fused-ring (bicyclic) bond motifs is 1. The molecular formula is C14H16N4S. The van der Waals surface area contributed by atoms with E-state index in [4.69, 9.17) is 0 Å². The van der Waals surface area contributed by atoms with E-state index in [0.717, 1.165) is 22.9 Å². The largest absolute Gasteiger partial charge is 0.379 e. The highest BCUT2D eigenvalue weighted by Gasteiger charge is 2.02. The van der Waals surface area contributed by atoms with Gasteiger partial charge in [0.25, 0.3) is 0 Å². The van der Waals surface area contributed by atoms with Crippen LogP contribution in [-0.2, 0) is 6.54 Å². The molecule has 0 aliphatic carbocycles. The topological polar surface area (TPSA) is 32.6 Å². The number of nitrogens with zero attached hydrogens (tertiary/aromatic N) is 3.